The molecule has 2 aromatic rings. The van der Waals surface area contributed by atoms with E-state index >= 15 is 0 Å². The lowest BCUT2D eigenvalue weighted by Crippen LogP contribution is -2.16. The summed E-state index contributed by atoms with van der Waals surface area (Å²) in [5.74, 6) is -0.333. The quantitative estimate of drug-likeness (QED) is 0.841. The third kappa shape index (κ3) is 4.03. The third-order valence-electron chi connectivity index (χ3n) is 3.01. The zero-order valence-electron chi connectivity index (χ0n) is 12.2. The van der Waals surface area contributed by atoms with Gasteiger partial charge in [-0.2, -0.15) is 0 Å². The van der Waals surface area contributed by atoms with E-state index in [-0.39, 0.29) is 10.8 Å². The van der Waals surface area contributed by atoms with Crippen molar-refractivity contribution in [3.63, 3.8) is 0 Å². The number of rotatable bonds is 4. The van der Waals surface area contributed by atoms with Crippen molar-refractivity contribution >= 4 is 39.0 Å². The molecule has 0 unspecified atom stereocenters. The highest BCUT2D eigenvalue weighted by Gasteiger charge is 2.14. The standard InChI is InChI=1S/C15H16N2O3S2/c1-10-6-7-12(21-10)8-9-15(18)17-13-4-3-5-14(11(13)2)22(16,19)20/h3-9H,1-2H3,(H,17,18)(H2,16,19,20). The van der Waals surface area contributed by atoms with Gasteiger partial charge in [0, 0.05) is 21.5 Å². The van der Waals surface area contributed by atoms with Crippen molar-refractivity contribution in [1.29, 1.82) is 0 Å². The number of anilines is 1. The van der Waals surface area contributed by atoms with Crippen LogP contribution >= 0.6 is 11.3 Å². The smallest absolute Gasteiger partial charge is 0.248 e. The molecule has 1 aromatic heterocycles. The molecule has 0 bridgehead atoms. The summed E-state index contributed by atoms with van der Waals surface area (Å²) in [6.45, 7) is 3.59. The average Bonchev–Trinajstić information content (AvgIpc) is 2.83. The maximum absolute atomic E-state index is 11.9. The number of sulfonamides is 1. The number of primary sulfonamides is 1. The van der Waals surface area contributed by atoms with Gasteiger partial charge in [0.1, 0.15) is 0 Å². The van der Waals surface area contributed by atoms with Crippen molar-refractivity contribution in [3.05, 3.63) is 51.7 Å². The number of carbonyl (C=O) groups excluding carboxylic acids is 1. The van der Waals surface area contributed by atoms with Crippen LogP contribution in [0.3, 0.4) is 0 Å². The summed E-state index contributed by atoms with van der Waals surface area (Å²) in [7, 11) is -3.81. The Morgan fingerprint density at radius 2 is 1.95 bits per heavy atom. The largest absolute Gasteiger partial charge is 0.322 e. The van der Waals surface area contributed by atoms with Crippen molar-refractivity contribution < 1.29 is 13.2 Å². The van der Waals surface area contributed by atoms with E-state index in [1.54, 1.807) is 30.4 Å². The Labute approximate surface area is 133 Å². The summed E-state index contributed by atoms with van der Waals surface area (Å²) in [6.07, 6.45) is 3.13. The van der Waals surface area contributed by atoms with Gasteiger partial charge < -0.3 is 5.32 Å². The number of carbonyl (C=O) groups is 1. The number of nitrogens with one attached hydrogen (secondary N) is 1. The van der Waals surface area contributed by atoms with Gasteiger partial charge in [-0.1, -0.05) is 6.07 Å². The molecule has 1 amide bonds. The lowest BCUT2D eigenvalue weighted by molar-refractivity contribution is -0.111. The molecule has 0 atom stereocenters. The van der Waals surface area contributed by atoms with Gasteiger partial charge in [-0.25, -0.2) is 13.6 Å². The number of nitrogens with two attached hydrogens (primary N) is 1. The molecule has 7 heteroatoms. The van der Waals surface area contributed by atoms with Crippen LogP contribution in [0, 0.1) is 13.8 Å². The average molecular weight is 336 g/mol. The minimum atomic E-state index is -3.81. The summed E-state index contributed by atoms with van der Waals surface area (Å²) in [5, 5.41) is 7.80. The molecule has 1 aromatic carbocycles. The van der Waals surface area contributed by atoms with Crippen LogP contribution in [0.25, 0.3) is 6.08 Å². The molecule has 0 fully saturated rings. The van der Waals surface area contributed by atoms with Crippen LogP contribution in [0.2, 0.25) is 0 Å². The Morgan fingerprint density at radius 1 is 1.23 bits per heavy atom. The molecular weight excluding hydrogens is 320 g/mol. The van der Waals surface area contributed by atoms with E-state index in [0.29, 0.717) is 11.3 Å². The Balaban J connectivity index is 2.17. The highest BCUT2D eigenvalue weighted by atomic mass is 32.2. The summed E-state index contributed by atoms with van der Waals surface area (Å²) in [6, 6.07) is 8.48. The first-order chi connectivity index (χ1) is 10.3. The van der Waals surface area contributed by atoms with Crippen LogP contribution in [-0.2, 0) is 14.8 Å². The predicted molar refractivity (Wildman–Crippen MR) is 89.3 cm³/mol. The molecule has 0 spiro atoms. The van der Waals surface area contributed by atoms with Crippen LogP contribution in [0.15, 0.2) is 41.3 Å². The van der Waals surface area contributed by atoms with Gasteiger partial charge in [-0.3, -0.25) is 4.79 Å². The molecule has 0 saturated heterocycles. The molecule has 0 saturated carbocycles. The van der Waals surface area contributed by atoms with Gasteiger partial charge in [-0.05, 0) is 49.8 Å². The predicted octanol–water partition coefficient (Wildman–Crippen LogP) is 2.66. The lowest BCUT2D eigenvalue weighted by Gasteiger charge is -2.09. The molecule has 22 heavy (non-hydrogen) atoms. The van der Waals surface area contributed by atoms with Gasteiger partial charge in [0.25, 0.3) is 0 Å². The van der Waals surface area contributed by atoms with Gasteiger partial charge in [0.15, 0.2) is 0 Å². The summed E-state index contributed by atoms with van der Waals surface area (Å²) in [4.78, 5) is 14.1. The Morgan fingerprint density at radius 3 is 2.55 bits per heavy atom. The topological polar surface area (TPSA) is 89.3 Å². The maximum Gasteiger partial charge on any atom is 0.248 e. The number of hydrogen-bond acceptors (Lipinski definition) is 4. The molecule has 5 nitrogen and oxygen atoms in total. The van der Waals surface area contributed by atoms with Crippen LogP contribution in [0.1, 0.15) is 15.3 Å². The van der Waals surface area contributed by atoms with Gasteiger partial charge >= 0.3 is 0 Å². The van der Waals surface area contributed by atoms with Crippen LogP contribution in [0.5, 0.6) is 0 Å². The van der Waals surface area contributed by atoms with Crippen LogP contribution in [0.4, 0.5) is 5.69 Å². The molecule has 0 aliphatic carbocycles. The van der Waals surface area contributed by atoms with Crippen molar-refractivity contribution in [2.24, 2.45) is 5.14 Å². The fraction of sp³-hybridized carbons (Fsp3) is 0.133. The van der Waals surface area contributed by atoms with Crippen LogP contribution in [-0.4, -0.2) is 14.3 Å². The second kappa shape index (κ2) is 6.43. The molecule has 2 rings (SSSR count). The van der Waals surface area contributed by atoms with E-state index in [1.807, 2.05) is 19.1 Å². The third-order valence-corrected chi connectivity index (χ3v) is 5.03. The zero-order valence-corrected chi connectivity index (χ0v) is 13.8. The number of hydrogen-bond donors (Lipinski definition) is 2. The first-order valence-electron chi connectivity index (χ1n) is 6.45. The maximum atomic E-state index is 11.9. The normalized spacial score (nSPS) is 11.8. The fourth-order valence-electron chi connectivity index (χ4n) is 1.93. The molecular formula is C15H16N2O3S2. The molecule has 0 aliphatic heterocycles. The minimum absolute atomic E-state index is 0.00293. The molecule has 0 aliphatic rings. The minimum Gasteiger partial charge on any atom is -0.322 e. The van der Waals surface area contributed by atoms with E-state index in [0.717, 1.165) is 9.75 Å². The van der Waals surface area contributed by atoms with E-state index in [2.05, 4.69) is 5.32 Å². The summed E-state index contributed by atoms with van der Waals surface area (Å²) >= 11 is 1.58. The van der Waals surface area contributed by atoms with Crippen molar-refractivity contribution in [2.75, 3.05) is 5.32 Å². The summed E-state index contributed by atoms with van der Waals surface area (Å²) < 4.78 is 22.9. The molecule has 3 N–H and O–H groups in total. The van der Waals surface area contributed by atoms with Crippen molar-refractivity contribution in [2.45, 2.75) is 18.7 Å². The van der Waals surface area contributed by atoms with Gasteiger partial charge in [0.2, 0.25) is 15.9 Å². The number of thiophene rings is 1. The SMILES string of the molecule is Cc1ccc(C=CC(=O)Nc2cccc(S(N)(=O)=O)c2C)s1. The number of aryl methyl sites for hydroxylation is 1. The van der Waals surface area contributed by atoms with Gasteiger partial charge in [0.05, 0.1) is 4.90 Å². The highest BCUT2D eigenvalue weighted by molar-refractivity contribution is 7.89. The van der Waals surface area contributed by atoms with E-state index in [4.69, 9.17) is 5.14 Å². The Bertz CT molecular complexity index is 836. The number of benzene rings is 1. The monoisotopic (exact) mass is 336 g/mol. The zero-order chi connectivity index (χ0) is 16.3. The Hall–Kier alpha value is -1.96. The fourth-order valence-corrected chi connectivity index (χ4v) is 3.52. The van der Waals surface area contributed by atoms with E-state index < -0.39 is 10.0 Å². The highest BCUT2D eigenvalue weighted by Crippen LogP contribution is 2.22. The second-order valence-electron chi connectivity index (χ2n) is 4.74. The Kier molecular flexibility index (Phi) is 4.80. The van der Waals surface area contributed by atoms with Crippen molar-refractivity contribution in [3.8, 4) is 0 Å². The van der Waals surface area contributed by atoms with Crippen molar-refractivity contribution in [1.82, 2.24) is 0 Å². The van der Waals surface area contributed by atoms with E-state index in [9.17, 15) is 13.2 Å². The second-order valence-corrected chi connectivity index (χ2v) is 7.59. The van der Waals surface area contributed by atoms with Crippen LogP contribution < -0.4 is 10.5 Å². The number of amides is 1. The molecule has 0 radical (unpaired) electrons. The summed E-state index contributed by atoms with van der Waals surface area (Å²) in [5.41, 5.74) is 0.835. The first kappa shape index (κ1) is 16.4. The molecule has 1 heterocycles. The van der Waals surface area contributed by atoms with Gasteiger partial charge in [-0.15, -0.1) is 11.3 Å². The first-order valence-corrected chi connectivity index (χ1v) is 8.81. The lowest BCUT2D eigenvalue weighted by atomic mass is 10.2. The molecule has 116 valence electrons. The van der Waals surface area contributed by atoms with E-state index in [1.165, 1.54) is 18.2 Å².